The molecule has 0 bridgehead atoms. The summed E-state index contributed by atoms with van der Waals surface area (Å²) in [6.45, 7) is 1.68. The van der Waals surface area contributed by atoms with Crippen molar-refractivity contribution >= 4 is 11.6 Å². The Morgan fingerprint density at radius 1 is 1.33 bits per heavy atom. The highest BCUT2D eigenvalue weighted by Gasteiger charge is 2.19. The number of hydrazine groups is 2. The van der Waals surface area contributed by atoms with Crippen LogP contribution in [0.2, 0.25) is 0 Å². The molecular weight excluding hydrogens is 232 g/mol. The molecule has 0 saturated heterocycles. The number of carbonyl (C=O) groups excluding carboxylic acids is 1. The summed E-state index contributed by atoms with van der Waals surface area (Å²) < 4.78 is 0. The number of nitrogens with one attached hydrogen (secondary N) is 2. The number of anilines is 1. The zero-order valence-corrected chi connectivity index (χ0v) is 10.3. The summed E-state index contributed by atoms with van der Waals surface area (Å²) in [4.78, 5) is 16.7. The van der Waals surface area contributed by atoms with Gasteiger partial charge in [-0.3, -0.25) is 9.80 Å². The normalized spacial score (nSPS) is 15.9. The van der Waals surface area contributed by atoms with Crippen LogP contribution in [-0.2, 0) is 9.63 Å². The van der Waals surface area contributed by atoms with E-state index in [1.54, 1.807) is 25.2 Å². The van der Waals surface area contributed by atoms with E-state index in [1.807, 2.05) is 36.5 Å². The van der Waals surface area contributed by atoms with E-state index < -0.39 is 6.10 Å². The fraction of sp³-hybridized carbons (Fsp3) is 0.250. The average molecular weight is 248 g/mol. The smallest absolute Gasteiger partial charge is 0.251 e. The summed E-state index contributed by atoms with van der Waals surface area (Å²) in [6.07, 6.45) is 2.95. The first-order chi connectivity index (χ1) is 8.70. The average Bonchev–Trinajstić information content (AvgIpc) is 2.87. The molecule has 0 aliphatic carbocycles. The molecule has 0 saturated carbocycles. The van der Waals surface area contributed by atoms with Crippen molar-refractivity contribution in [1.82, 2.24) is 16.0 Å². The Labute approximate surface area is 106 Å². The Hall–Kier alpha value is -2.05. The van der Waals surface area contributed by atoms with E-state index in [0.29, 0.717) is 0 Å². The SMILES string of the molecule is CNC(=O)C(C)ON1C=CN(c2ccccc2)N1. The van der Waals surface area contributed by atoms with Gasteiger partial charge in [-0.25, -0.2) is 4.84 Å². The van der Waals surface area contributed by atoms with Crippen LogP contribution in [0.1, 0.15) is 6.92 Å². The molecule has 18 heavy (non-hydrogen) atoms. The molecule has 1 aliphatic heterocycles. The molecule has 0 radical (unpaired) electrons. The lowest BCUT2D eigenvalue weighted by molar-refractivity contribution is -0.191. The molecule has 0 fully saturated rings. The number of hydrogen-bond acceptors (Lipinski definition) is 5. The van der Waals surface area contributed by atoms with E-state index in [9.17, 15) is 4.79 Å². The second-order valence-electron chi connectivity index (χ2n) is 3.79. The van der Waals surface area contributed by atoms with E-state index in [4.69, 9.17) is 4.84 Å². The van der Waals surface area contributed by atoms with E-state index in [-0.39, 0.29) is 5.91 Å². The third kappa shape index (κ3) is 2.79. The first-order valence-electron chi connectivity index (χ1n) is 5.67. The molecule has 1 heterocycles. The van der Waals surface area contributed by atoms with E-state index in [0.717, 1.165) is 5.69 Å². The second kappa shape index (κ2) is 5.52. The van der Waals surface area contributed by atoms with Crippen molar-refractivity contribution in [2.45, 2.75) is 13.0 Å². The monoisotopic (exact) mass is 248 g/mol. The van der Waals surface area contributed by atoms with E-state index in [1.165, 1.54) is 5.17 Å². The summed E-state index contributed by atoms with van der Waals surface area (Å²) in [5.74, 6) is -0.177. The first kappa shape index (κ1) is 12.4. The van der Waals surface area contributed by atoms with Crippen molar-refractivity contribution in [1.29, 1.82) is 0 Å². The van der Waals surface area contributed by atoms with Gasteiger partial charge in [0.1, 0.15) is 0 Å². The minimum Gasteiger partial charge on any atom is -0.357 e. The molecule has 0 spiro atoms. The molecule has 1 aliphatic rings. The van der Waals surface area contributed by atoms with Crippen LogP contribution in [0.25, 0.3) is 0 Å². The molecular formula is C12H16N4O2. The van der Waals surface area contributed by atoms with Crippen molar-refractivity contribution in [3.63, 3.8) is 0 Å². The number of carbonyl (C=O) groups is 1. The molecule has 1 aromatic rings. The first-order valence-corrected chi connectivity index (χ1v) is 5.67. The largest absolute Gasteiger partial charge is 0.357 e. The highest BCUT2D eigenvalue weighted by atomic mass is 16.7. The molecule has 1 unspecified atom stereocenters. The third-order valence-electron chi connectivity index (χ3n) is 2.48. The topological polar surface area (TPSA) is 56.8 Å². The number of amides is 1. The van der Waals surface area contributed by atoms with Gasteiger partial charge in [-0.2, -0.15) is 5.17 Å². The molecule has 96 valence electrons. The van der Waals surface area contributed by atoms with Crippen LogP contribution in [0.3, 0.4) is 0 Å². The van der Waals surface area contributed by atoms with Crippen molar-refractivity contribution < 1.29 is 9.63 Å². The van der Waals surface area contributed by atoms with Crippen molar-refractivity contribution in [2.75, 3.05) is 12.1 Å². The van der Waals surface area contributed by atoms with Crippen molar-refractivity contribution in [2.24, 2.45) is 0 Å². The van der Waals surface area contributed by atoms with Gasteiger partial charge in [0.25, 0.3) is 5.91 Å². The predicted octanol–water partition coefficient (Wildman–Crippen LogP) is 0.765. The zero-order chi connectivity index (χ0) is 13.0. The summed E-state index contributed by atoms with van der Waals surface area (Å²) in [6, 6.07) is 9.76. The van der Waals surface area contributed by atoms with E-state index >= 15 is 0 Å². The number of hydroxylamine groups is 1. The van der Waals surface area contributed by atoms with Crippen LogP contribution in [0.4, 0.5) is 5.69 Å². The number of likely N-dealkylation sites (N-methyl/N-ethyl adjacent to an activating group) is 1. The molecule has 1 amide bonds. The third-order valence-corrected chi connectivity index (χ3v) is 2.48. The van der Waals surface area contributed by atoms with Crippen LogP contribution >= 0.6 is 0 Å². The quantitative estimate of drug-likeness (QED) is 0.824. The number of hydrogen-bond donors (Lipinski definition) is 2. The summed E-state index contributed by atoms with van der Waals surface area (Å²) in [7, 11) is 1.58. The summed E-state index contributed by atoms with van der Waals surface area (Å²) in [5, 5.41) is 5.71. The lowest BCUT2D eigenvalue weighted by Gasteiger charge is -2.23. The molecule has 6 heteroatoms. The standard InChI is InChI=1S/C12H16N4O2/c1-10(12(17)13-2)18-16-9-8-15(14-16)11-6-4-3-5-7-11/h3-10,14H,1-2H3,(H,13,17). The number of benzene rings is 1. The van der Waals surface area contributed by atoms with Gasteiger partial charge in [-0.1, -0.05) is 18.2 Å². The van der Waals surface area contributed by atoms with Gasteiger partial charge < -0.3 is 5.32 Å². The van der Waals surface area contributed by atoms with Crippen LogP contribution < -0.4 is 15.9 Å². The molecule has 2 rings (SSSR count). The van der Waals surface area contributed by atoms with Gasteiger partial charge in [0, 0.05) is 13.2 Å². The summed E-state index contributed by atoms with van der Waals surface area (Å²) in [5.41, 5.74) is 3.95. The van der Waals surface area contributed by atoms with Gasteiger partial charge in [0.15, 0.2) is 6.10 Å². The van der Waals surface area contributed by atoms with Gasteiger partial charge in [-0.15, -0.1) is 5.53 Å². The van der Waals surface area contributed by atoms with Crippen molar-refractivity contribution in [3.8, 4) is 0 Å². The fourth-order valence-corrected chi connectivity index (χ4v) is 1.51. The Balaban J connectivity index is 1.90. The highest BCUT2D eigenvalue weighted by Crippen LogP contribution is 2.15. The van der Waals surface area contributed by atoms with E-state index in [2.05, 4.69) is 10.9 Å². The Bertz CT molecular complexity index is 435. The zero-order valence-electron chi connectivity index (χ0n) is 10.3. The minimum atomic E-state index is -0.567. The highest BCUT2D eigenvalue weighted by molar-refractivity contribution is 5.79. The van der Waals surface area contributed by atoms with Gasteiger partial charge in [-0.05, 0) is 19.1 Å². The molecule has 2 N–H and O–H groups in total. The van der Waals surface area contributed by atoms with Gasteiger partial charge >= 0.3 is 0 Å². The maximum absolute atomic E-state index is 11.3. The van der Waals surface area contributed by atoms with Crippen LogP contribution in [-0.4, -0.2) is 24.2 Å². The lowest BCUT2D eigenvalue weighted by atomic mass is 10.3. The van der Waals surface area contributed by atoms with Crippen LogP contribution in [0.5, 0.6) is 0 Å². The fourth-order valence-electron chi connectivity index (χ4n) is 1.51. The minimum absolute atomic E-state index is 0.177. The van der Waals surface area contributed by atoms with Crippen LogP contribution in [0, 0.1) is 0 Å². The van der Waals surface area contributed by atoms with Gasteiger partial charge in [0.05, 0.1) is 11.9 Å². The molecule has 6 nitrogen and oxygen atoms in total. The van der Waals surface area contributed by atoms with Crippen LogP contribution in [0.15, 0.2) is 42.7 Å². The molecule has 1 atom stereocenters. The lowest BCUT2D eigenvalue weighted by Crippen LogP contribution is -2.44. The summed E-state index contributed by atoms with van der Waals surface area (Å²) >= 11 is 0. The molecule has 1 aromatic carbocycles. The number of para-hydroxylation sites is 1. The van der Waals surface area contributed by atoms with Crippen molar-refractivity contribution in [3.05, 3.63) is 42.7 Å². The molecule has 0 aromatic heterocycles. The Morgan fingerprint density at radius 2 is 2.06 bits per heavy atom. The number of rotatable bonds is 4. The Morgan fingerprint density at radius 3 is 2.72 bits per heavy atom. The predicted molar refractivity (Wildman–Crippen MR) is 67.6 cm³/mol. The van der Waals surface area contributed by atoms with Gasteiger partial charge in [0.2, 0.25) is 0 Å². The Kier molecular flexibility index (Phi) is 3.81. The maximum atomic E-state index is 11.3. The second-order valence-corrected chi connectivity index (χ2v) is 3.79. The maximum Gasteiger partial charge on any atom is 0.251 e. The number of nitrogens with zero attached hydrogens (tertiary/aromatic N) is 2.